The van der Waals surface area contributed by atoms with Crippen LogP contribution in [0.3, 0.4) is 0 Å². The molecule has 1 saturated heterocycles. The number of hydrogen-bond acceptors (Lipinski definition) is 7. The van der Waals surface area contributed by atoms with Gasteiger partial charge >= 0.3 is 22.3 Å². The van der Waals surface area contributed by atoms with Gasteiger partial charge in [0.25, 0.3) is 0 Å². The summed E-state index contributed by atoms with van der Waals surface area (Å²) in [5.41, 5.74) is 1.75. The van der Waals surface area contributed by atoms with Crippen molar-refractivity contribution in [1.82, 2.24) is 14.2 Å². The lowest BCUT2D eigenvalue weighted by molar-refractivity contribution is -0.140. The average Bonchev–Trinajstić information content (AvgIpc) is 3.27. The molecule has 0 radical (unpaired) electrons. The Morgan fingerprint density at radius 3 is 2.54 bits per heavy atom. The second kappa shape index (κ2) is 14.6. The number of hydrogen-bond donors (Lipinski definition) is 1. The summed E-state index contributed by atoms with van der Waals surface area (Å²) in [6, 6.07) is 2.66. The van der Waals surface area contributed by atoms with Gasteiger partial charge in [0.05, 0.1) is 28.4 Å². The lowest BCUT2D eigenvalue weighted by Gasteiger charge is -2.40. The molecule has 1 unspecified atom stereocenters. The van der Waals surface area contributed by atoms with Gasteiger partial charge in [-0.05, 0) is 70.0 Å². The molecule has 0 aliphatic carbocycles. The second-order valence-electron chi connectivity index (χ2n) is 14.4. The molecule has 1 aromatic carbocycles. The van der Waals surface area contributed by atoms with Crippen LogP contribution in [-0.2, 0) is 42.2 Å². The predicted molar refractivity (Wildman–Crippen MR) is 185 cm³/mol. The Balaban J connectivity index is 1.67. The molecular weight excluding hydrogens is 671 g/mol. The maximum Gasteiger partial charge on any atom is 0.410 e. The zero-order valence-electron chi connectivity index (χ0n) is 28.0. The molecule has 2 aliphatic heterocycles. The number of likely N-dealkylation sites (tertiary alicyclic amines) is 1. The maximum absolute atomic E-state index is 14.4. The summed E-state index contributed by atoms with van der Waals surface area (Å²) >= 11 is 13.6. The minimum atomic E-state index is -4.05. The molecule has 1 amide bonds. The fraction of sp³-hybridized carbons (Fsp3) is 0.677. The minimum absolute atomic E-state index is 0.0761. The number of piperidine rings is 1. The lowest BCUT2D eigenvalue weighted by Crippen LogP contribution is -2.52. The summed E-state index contributed by atoms with van der Waals surface area (Å²) in [7, 11) is -4.13. The summed E-state index contributed by atoms with van der Waals surface area (Å²) in [4.78, 5) is 29.5. The number of aromatic amines is 1. The Bertz CT molecular complexity index is 1540. The molecule has 0 bridgehead atoms. The predicted octanol–water partition coefficient (Wildman–Crippen LogP) is 6.80. The highest BCUT2D eigenvalue weighted by molar-refractivity contribution is 7.90. The van der Waals surface area contributed by atoms with Crippen molar-refractivity contribution in [2.24, 2.45) is 5.92 Å². The number of benzene rings is 1. The van der Waals surface area contributed by atoms with E-state index in [1.165, 1.54) is 15.7 Å². The van der Waals surface area contributed by atoms with Gasteiger partial charge in [0.1, 0.15) is 12.3 Å². The Kier molecular flexibility index (Phi) is 11.7. The van der Waals surface area contributed by atoms with Crippen molar-refractivity contribution in [3.05, 3.63) is 27.4 Å². The highest BCUT2D eigenvalue weighted by Gasteiger charge is 2.41. The molecule has 15 heteroatoms. The molecule has 1 aromatic heterocycles. The number of amides is 1. The van der Waals surface area contributed by atoms with E-state index in [0.717, 1.165) is 24.4 Å². The third-order valence-corrected chi connectivity index (χ3v) is 12.4. The molecular formula is C31H48Cl2N4O7SSi. The standard InChI is InChI=1S/C31H48Cl2N4O7SSi/c1-31(2,3)44-30(39)35-13-9-10-21(17-35)18-36-19-22-16-23(32)26-27(33)24(11-8-12-25(38)42-4)34-28(26)29(22)37(45(36,40)41)20-43-14-15-46(5,6)7/h16,21,34H,8-15,17-20H2,1-7H3. The fourth-order valence-electron chi connectivity index (χ4n) is 5.81. The monoisotopic (exact) mass is 718 g/mol. The quantitative estimate of drug-likeness (QED) is 0.154. The molecule has 2 aliphatic rings. The number of fused-ring (bicyclic) bond motifs is 3. The van der Waals surface area contributed by atoms with Crippen LogP contribution in [0.5, 0.6) is 0 Å². The van der Waals surface area contributed by atoms with E-state index in [1.54, 1.807) is 11.0 Å². The number of aromatic nitrogens is 1. The SMILES string of the molecule is COC(=O)CCCc1[nH]c2c3c(cc(Cl)c2c1Cl)CN(CC1CCCN(C(=O)OC(C)(C)C)C1)S(=O)(=O)N3COCC[Si](C)(C)C. The molecule has 1 N–H and O–H groups in total. The number of rotatable bonds is 11. The van der Waals surface area contributed by atoms with E-state index < -0.39 is 23.9 Å². The number of halogens is 2. The van der Waals surface area contributed by atoms with E-state index in [9.17, 15) is 18.0 Å². The van der Waals surface area contributed by atoms with E-state index in [0.29, 0.717) is 64.9 Å². The van der Waals surface area contributed by atoms with Crippen molar-refractivity contribution in [2.45, 2.75) is 90.7 Å². The fourth-order valence-corrected chi connectivity index (χ4v) is 8.90. The summed E-state index contributed by atoms with van der Waals surface area (Å²) in [6.07, 6.45) is 2.32. The third-order valence-electron chi connectivity index (χ3n) is 8.16. The van der Waals surface area contributed by atoms with Crippen LogP contribution in [0, 0.1) is 5.92 Å². The first-order valence-corrected chi connectivity index (χ1v) is 21.7. The van der Waals surface area contributed by atoms with Crippen molar-refractivity contribution >= 4 is 70.1 Å². The first-order valence-electron chi connectivity index (χ1n) is 15.8. The van der Waals surface area contributed by atoms with Crippen molar-refractivity contribution in [1.29, 1.82) is 0 Å². The van der Waals surface area contributed by atoms with Crippen LogP contribution in [0.25, 0.3) is 10.9 Å². The van der Waals surface area contributed by atoms with E-state index in [2.05, 4.69) is 24.6 Å². The smallest absolute Gasteiger partial charge is 0.410 e. The largest absolute Gasteiger partial charge is 0.469 e. The topological polar surface area (TPSA) is 121 Å². The van der Waals surface area contributed by atoms with E-state index in [1.807, 2.05) is 20.8 Å². The van der Waals surface area contributed by atoms with Crippen LogP contribution in [-0.4, -0.2) is 88.4 Å². The van der Waals surface area contributed by atoms with Gasteiger partial charge in [-0.1, -0.05) is 42.8 Å². The second-order valence-corrected chi connectivity index (χ2v) is 22.7. The molecule has 46 heavy (non-hydrogen) atoms. The van der Waals surface area contributed by atoms with Gasteiger partial charge in [-0.15, -0.1) is 0 Å². The number of nitrogens with zero attached hydrogens (tertiary/aromatic N) is 3. The minimum Gasteiger partial charge on any atom is -0.469 e. The Morgan fingerprint density at radius 2 is 1.89 bits per heavy atom. The molecule has 258 valence electrons. The number of methoxy groups -OCH3 is 1. The van der Waals surface area contributed by atoms with E-state index in [-0.39, 0.29) is 44.2 Å². The molecule has 1 atom stereocenters. The maximum atomic E-state index is 14.4. The zero-order valence-corrected chi connectivity index (χ0v) is 31.3. The van der Waals surface area contributed by atoms with Crippen LogP contribution >= 0.6 is 23.2 Å². The van der Waals surface area contributed by atoms with Crippen molar-refractivity contribution < 1.29 is 32.2 Å². The molecule has 2 aromatic rings. The molecule has 1 fully saturated rings. The summed E-state index contributed by atoms with van der Waals surface area (Å²) < 4.78 is 47.9. The van der Waals surface area contributed by atoms with E-state index >= 15 is 0 Å². The lowest BCUT2D eigenvalue weighted by atomic mass is 9.98. The molecule has 0 spiro atoms. The van der Waals surface area contributed by atoms with Crippen LogP contribution in [0.1, 0.15) is 57.7 Å². The Morgan fingerprint density at radius 1 is 1.17 bits per heavy atom. The van der Waals surface area contributed by atoms with Crippen LogP contribution in [0.15, 0.2) is 6.07 Å². The normalized spacial score (nSPS) is 18.9. The van der Waals surface area contributed by atoms with Crippen LogP contribution in [0.2, 0.25) is 35.7 Å². The summed E-state index contributed by atoms with van der Waals surface area (Å²) in [6.45, 7) is 13.8. The summed E-state index contributed by atoms with van der Waals surface area (Å²) in [5.74, 6) is -0.393. The zero-order chi connectivity index (χ0) is 34.0. The number of carbonyl (C=O) groups is 2. The van der Waals surface area contributed by atoms with Gasteiger partial charge in [0, 0.05) is 58.4 Å². The van der Waals surface area contributed by atoms with Gasteiger partial charge < -0.3 is 24.1 Å². The molecule has 11 nitrogen and oxygen atoms in total. The van der Waals surface area contributed by atoms with E-state index in [4.69, 9.17) is 37.4 Å². The molecule has 3 heterocycles. The first kappa shape index (κ1) is 36.8. The molecule has 4 rings (SSSR count). The highest BCUT2D eigenvalue weighted by atomic mass is 35.5. The number of nitrogens with one attached hydrogen (secondary N) is 1. The first-order chi connectivity index (χ1) is 21.4. The number of H-pyrrole nitrogens is 1. The summed E-state index contributed by atoms with van der Waals surface area (Å²) in [5, 5.41) is 1.34. The molecule has 0 saturated carbocycles. The van der Waals surface area contributed by atoms with Crippen LogP contribution in [0.4, 0.5) is 10.5 Å². The Hall–Kier alpha value is -2.03. The third kappa shape index (κ3) is 8.90. The average molecular weight is 720 g/mol. The van der Waals surface area contributed by atoms with Crippen LogP contribution < -0.4 is 4.31 Å². The van der Waals surface area contributed by atoms with Gasteiger partial charge in [0.15, 0.2) is 0 Å². The van der Waals surface area contributed by atoms with Gasteiger partial charge in [0.2, 0.25) is 0 Å². The number of esters is 1. The highest BCUT2D eigenvalue weighted by Crippen LogP contribution is 2.45. The van der Waals surface area contributed by atoms with Crippen molar-refractivity contribution in [3.63, 3.8) is 0 Å². The number of aryl methyl sites for hydroxylation is 1. The van der Waals surface area contributed by atoms with Gasteiger partial charge in [-0.2, -0.15) is 12.7 Å². The van der Waals surface area contributed by atoms with Crippen molar-refractivity contribution in [2.75, 3.05) is 44.4 Å². The number of carbonyl (C=O) groups excluding carboxylic acids is 2. The number of anilines is 1. The Labute approximate surface area is 284 Å². The van der Waals surface area contributed by atoms with Crippen molar-refractivity contribution in [3.8, 4) is 0 Å². The number of ether oxygens (including phenoxy) is 3. The van der Waals surface area contributed by atoms with Gasteiger partial charge in [-0.3, -0.25) is 4.79 Å². The van der Waals surface area contributed by atoms with Gasteiger partial charge in [-0.25, -0.2) is 9.10 Å².